The molecule has 0 amide bonds. The summed E-state index contributed by atoms with van der Waals surface area (Å²) in [5, 5.41) is 74.3. The minimum atomic E-state index is -0.835. The highest BCUT2D eigenvalue weighted by atomic mass is 17.0. The summed E-state index contributed by atoms with van der Waals surface area (Å²) >= 11 is 0. The first kappa shape index (κ1) is 31.2. The van der Waals surface area contributed by atoms with E-state index in [-0.39, 0.29) is 44.7 Å². The van der Waals surface area contributed by atoms with E-state index in [9.17, 15) is 41.2 Å². The molecular formula is C27H13N16O5-. The highest BCUT2D eigenvalue weighted by Gasteiger charge is 2.17. The average Bonchev–Trinajstić information content (AvgIpc) is 3.61. The number of pyridine rings is 2. The van der Waals surface area contributed by atoms with E-state index in [2.05, 4.69) is 30.4 Å². The fraction of sp³-hybridized carbons (Fsp3) is 0.148. The highest BCUT2D eigenvalue weighted by Crippen LogP contribution is 2.17. The van der Waals surface area contributed by atoms with Crippen molar-refractivity contribution in [2.45, 2.75) is 13.8 Å². The van der Waals surface area contributed by atoms with Crippen LogP contribution in [0.5, 0.6) is 0 Å². The Balaban J connectivity index is 2.21. The maximum absolute atomic E-state index is 13.0. The molecule has 0 aliphatic heterocycles. The van der Waals surface area contributed by atoms with E-state index < -0.39 is 45.5 Å². The summed E-state index contributed by atoms with van der Waals surface area (Å²) in [5.41, 5.74) is -5.42. The van der Waals surface area contributed by atoms with Crippen LogP contribution in [0.15, 0.2) is 29.7 Å². The van der Waals surface area contributed by atoms with E-state index in [1.165, 1.54) is 27.9 Å². The molecule has 0 fully saturated rings. The Kier molecular flexibility index (Phi) is 7.80. The van der Waals surface area contributed by atoms with Gasteiger partial charge >= 0.3 is 0 Å². The normalized spacial score (nSPS) is 10.1. The van der Waals surface area contributed by atoms with E-state index in [4.69, 9.17) is 13.7 Å². The molecule has 5 aromatic rings. The van der Waals surface area contributed by atoms with Crippen molar-refractivity contribution in [1.29, 1.82) is 31.6 Å². The summed E-state index contributed by atoms with van der Waals surface area (Å²) in [6.45, 7) is 2.72. The number of aromatic nitrogens is 10. The third-order valence-corrected chi connectivity index (χ3v) is 6.81. The Bertz CT molecular complexity index is 2660. The molecule has 0 saturated heterocycles. The number of fused-ring (bicyclic) bond motifs is 4. The van der Waals surface area contributed by atoms with Crippen LogP contribution in [0.25, 0.3) is 34.0 Å². The van der Waals surface area contributed by atoms with Crippen molar-refractivity contribution in [3.8, 4) is 36.4 Å². The molecule has 48 heavy (non-hydrogen) atoms. The lowest BCUT2D eigenvalue weighted by Gasteiger charge is -2.08. The van der Waals surface area contributed by atoms with Crippen molar-refractivity contribution in [1.82, 2.24) is 48.5 Å². The van der Waals surface area contributed by atoms with Crippen LogP contribution in [0.1, 0.15) is 45.0 Å². The van der Waals surface area contributed by atoms with Crippen molar-refractivity contribution in [3.63, 3.8) is 0 Å². The molecule has 5 rings (SSSR count). The summed E-state index contributed by atoms with van der Waals surface area (Å²) in [7, 11) is 2.46. The second kappa shape index (κ2) is 12.0. The zero-order valence-electron chi connectivity index (χ0n) is 24.8. The van der Waals surface area contributed by atoms with Gasteiger partial charge in [-0.3, -0.25) is 19.1 Å². The van der Waals surface area contributed by atoms with E-state index >= 15 is 0 Å². The Labute approximate surface area is 264 Å². The summed E-state index contributed by atoms with van der Waals surface area (Å²) in [6.07, 6.45) is 0.864. The predicted molar refractivity (Wildman–Crippen MR) is 152 cm³/mol. The molecule has 21 heteroatoms. The fourth-order valence-corrected chi connectivity index (χ4v) is 4.29. The van der Waals surface area contributed by atoms with Crippen LogP contribution >= 0.6 is 0 Å². The SMILES string of the molecule is Cc1c(C#N)c(=O)n(C)c2o[cH-]n3c(C#N)c(C#N)nc3nnc3c(C)c(C#N)c(=O)n(C)c3oon3c(C#N)c(C#N)nc3nnc12. The van der Waals surface area contributed by atoms with Crippen LogP contribution in [0, 0.1) is 81.8 Å². The molecule has 0 aliphatic rings. The van der Waals surface area contributed by atoms with Crippen LogP contribution < -0.4 is 11.1 Å². The summed E-state index contributed by atoms with van der Waals surface area (Å²) in [5.74, 6) is -0.979. The molecule has 0 saturated carbocycles. The molecule has 0 bridgehead atoms. The Morgan fingerprint density at radius 3 is 1.69 bits per heavy atom. The van der Waals surface area contributed by atoms with E-state index in [0.717, 1.165) is 19.9 Å². The van der Waals surface area contributed by atoms with Crippen molar-refractivity contribution in [2.24, 2.45) is 14.1 Å². The van der Waals surface area contributed by atoms with Crippen LogP contribution in [0.2, 0.25) is 0 Å². The first-order valence-electron chi connectivity index (χ1n) is 12.9. The highest BCUT2D eigenvalue weighted by molar-refractivity contribution is 5.75. The number of hydrogen-bond donors (Lipinski definition) is 0. The predicted octanol–water partition coefficient (Wildman–Crippen LogP) is 0.546. The topological polar surface area (TPSA) is 312 Å². The van der Waals surface area contributed by atoms with Crippen molar-refractivity contribution < 1.29 is 13.7 Å². The summed E-state index contributed by atoms with van der Waals surface area (Å²) in [4.78, 5) is 33.9. The van der Waals surface area contributed by atoms with Gasteiger partial charge < -0.3 is 13.4 Å². The van der Waals surface area contributed by atoms with Crippen LogP contribution in [-0.2, 0) is 14.1 Å². The maximum atomic E-state index is 13.0. The van der Waals surface area contributed by atoms with Crippen molar-refractivity contribution >= 4 is 34.0 Å². The number of imidazole rings is 2. The minimum Gasteiger partial charge on any atom is -0.520 e. The van der Waals surface area contributed by atoms with Gasteiger partial charge in [0.2, 0.25) is 5.69 Å². The summed E-state index contributed by atoms with van der Waals surface area (Å²) in [6, 6.07) is 10.5. The molecule has 0 atom stereocenters. The molecule has 0 aromatic carbocycles. The number of aryl methyl sites for hydroxylation is 4. The zero-order valence-corrected chi connectivity index (χ0v) is 24.8. The lowest BCUT2D eigenvalue weighted by atomic mass is 10.1. The van der Waals surface area contributed by atoms with Gasteiger partial charge in [0.25, 0.3) is 22.6 Å². The quantitative estimate of drug-likeness (QED) is 0.164. The number of nitriles is 6. The van der Waals surface area contributed by atoms with Crippen molar-refractivity contribution in [2.75, 3.05) is 0 Å². The van der Waals surface area contributed by atoms with Gasteiger partial charge in [0, 0.05) is 19.7 Å². The van der Waals surface area contributed by atoms with E-state index in [0.29, 0.717) is 4.57 Å². The zero-order chi connectivity index (χ0) is 34.9. The molecule has 232 valence electrons. The molecular weight excluding hydrogens is 628 g/mol. The second-order valence-electron chi connectivity index (χ2n) is 9.37. The van der Waals surface area contributed by atoms with Gasteiger partial charge in [0.15, 0.2) is 22.7 Å². The van der Waals surface area contributed by atoms with Gasteiger partial charge in [-0.05, 0) is 19.4 Å². The molecule has 5 heterocycles. The third-order valence-electron chi connectivity index (χ3n) is 6.81. The van der Waals surface area contributed by atoms with Crippen LogP contribution in [0.4, 0.5) is 0 Å². The lowest BCUT2D eigenvalue weighted by molar-refractivity contribution is -0.0129. The lowest BCUT2D eigenvalue weighted by Crippen LogP contribution is -2.21. The van der Waals surface area contributed by atoms with Gasteiger partial charge in [0.05, 0.1) is 18.2 Å². The smallest absolute Gasteiger partial charge is 0.289 e. The van der Waals surface area contributed by atoms with Gasteiger partial charge in [-0.2, -0.15) is 51.3 Å². The van der Waals surface area contributed by atoms with Gasteiger partial charge in [-0.25, -0.2) is 9.84 Å². The molecule has 0 spiro atoms. The Morgan fingerprint density at radius 1 is 0.646 bits per heavy atom. The number of hydrogen-bond acceptors (Lipinski definition) is 17. The van der Waals surface area contributed by atoms with Crippen LogP contribution in [-0.4, -0.2) is 48.5 Å². The Morgan fingerprint density at radius 2 is 1.15 bits per heavy atom. The number of rotatable bonds is 0. The standard InChI is InChI=1S/C27H13N16O5/c1-12-14(5-28)22(44)40(3)24-20(12)36-39-27-35-17(8-31)19(10-33)43(27)48-47-25-21(13(2)15(6-29)23(45)41(25)4)37-38-26-34-16(7-30)18(9-32)42(26)11-46-24/h11H,1-4H3/q-1. The van der Waals surface area contributed by atoms with Crippen LogP contribution in [0.3, 0.4) is 0 Å². The van der Waals surface area contributed by atoms with Gasteiger partial charge in [0.1, 0.15) is 52.7 Å². The summed E-state index contributed by atoms with van der Waals surface area (Å²) < 4.78 is 19.8. The minimum absolute atomic E-state index is 0.0124. The van der Waals surface area contributed by atoms with Crippen molar-refractivity contribution in [3.05, 3.63) is 72.1 Å². The first-order valence-corrected chi connectivity index (χ1v) is 12.9. The first-order chi connectivity index (χ1) is 23.1. The van der Waals surface area contributed by atoms with E-state index in [1.807, 2.05) is 0 Å². The molecule has 0 unspecified atom stereocenters. The molecule has 0 N–H and O–H groups in total. The van der Waals surface area contributed by atoms with Gasteiger partial charge in [-0.15, -0.1) is 5.10 Å². The molecule has 0 radical (unpaired) electrons. The fourth-order valence-electron chi connectivity index (χ4n) is 4.29. The van der Waals surface area contributed by atoms with E-state index in [1.54, 1.807) is 36.4 Å². The third kappa shape index (κ3) is 4.73. The average molecular weight is 642 g/mol. The Hall–Kier alpha value is -8.27. The molecule has 21 nitrogen and oxygen atoms in total. The maximum Gasteiger partial charge on any atom is 0.289 e. The second-order valence-corrected chi connectivity index (χ2v) is 9.37. The molecule has 0 aliphatic carbocycles. The largest absolute Gasteiger partial charge is 0.520 e. The number of nitrogens with zero attached hydrogens (tertiary/aromatic N) is 16. The van der Waals surface area contributed by atoms with Gasteiger partial charge in [-0.1, -0.05) is 4.57 Å². The monoisotopic (exact) mass is 641 g/mol. The molecule has 5 aromatic heterocycles.